The molecule has 0 heterocycles. The van der Waals surface area contributed by atoms with Crippen molar-refractivity contribution in [3.63, 3.8) is 0 Å². The monoisotopic (exact) mass is 263 g/mol. The summed E-state index contributed by atoms with van der Waals surface area (Å²) < 4.78 is 0. The van der Waals surface area contributed by atoms with Gasteiger partial charge in [-0.2, -0.15) is 0 Å². The van der Waals surface area contributed by atoms with Crippen molar-refractivity contribution in [1.29, 1.82) is 0 Å². The van der Waals surface area contributed by atoms with Crippen LogP contribution < -0.4 is 0 Å². The molecule has 4 rings (SSSR count). The lowest BCUT2D eigenvalue weighted by Gasteiger charge is -2.35. The van der Waals surface area contributed by atoms with Crippen LogP contribution in [0.2, 0.25) is 0 Å². The van der Waals surface area contributed by atoms with Gasteiger partial charge in [-0.05, 0) is 23.6 Å². The lowest BCUT2D eigenvalue weighted by molar-refractivity contribution is 0.0843. The molecule has 2 aromatic rings. The van der Waals surface area contributed by atoms with Crippen LogP contribution in [-0.2, 0) is 10.8 Å². The lowest BCUT2D eigenvalue weighted by Crippen LogP contribution is -2.43. The lowest BCUT2D eigenvalue weighted by atomic mass is 9.65. The number of hydrogen-bond acceptors (Lipinski definition) is 2. The molecule has 0 fully saturated rings. The van der Waals surface area contributed by atoms with Crippen molar-refractivity contribution in [3.8, 4) is 0 Å². The summed E-state index contributed by atoms with van der Waals surface area (Å²) in [4.78, 5) is 13.0. The van der Waals surface area contributed by atoms with Gasteiger partial charge in [-0.3, -0.25) is 4.79 Å². The Balaban J connectivity index is 2.13. The molecule has 2 unspecified atom stereocenters. The molecule has 2 aliphatic rings. The highest BCUT2D eigenvalue weighted by atomic mass is 16.3. The van der Waals surface area contributed by atoms with E-state index < -0.39 is 10.8 Å². The molecule has 20 heavy (non-hydrogen) atoms. The van der Waals surface area contributed by atoms with Gasteiger partial charge in [0, 0.05) is 11.0 Å². The molecule has 0 aliphatic heterocycles. The Hall–Kier alpha value is -1.93. The molecule has 99 valence electrons. The zero-order valence-corrected chi connectivity index (χ0v) is 11.5. The first kappa shape index (κ1) is 11.9. The van der Waals surface area contributed by atoms with Crippen molar-refractivity contribution in [2.75, 3.05) is 0 Å². The van der Waals surface area contributed by atoms with Crippen LogP contribution >= 0.6 is 0 Å². The molecular formula is C18H15O2. The molecule has 0 saturated heterocycles. The second-order valence-electron chi connectivity index (χ2n) is 6.02. The highest BCUT2D eigenvalue weighted by Crippen LogP contribution is 2.63. The first-order chi connectivity index (χ1) is 9.53. The average Bonchev–Trinajstić information content (AvgIpc) is 2.78. The SMILES string of the molecule is CC12[C](O)c3ccccc3C1(C)C(=O)c1ccccc12. The summed E-state index contributed by atoms with van der Waals surface area (Å²) in [6.07, 6.45) is 0.314. The minimum atomic E-state index is -0.711. The fourth-order valence-electron chi connectivity index (χ4n) is 4.03. The maximum Gasteiger partial charge on any atom is 0.174 e. The van der Waals surface area contributed by atoms with Crippen molar-refractivity contribution < 1.29 is 9.90 Å². The zero-order valence-electron chi connectivity index (χ0n) is 11.5. The van der Waals surface area contributed by atoms with Gasteiger partial charge in [0.1, 0.15) is 6.10 Å². The maximum atomic E-state index is 13.0. The van der Waals surface area contributed by atoms with E-state index in [2.05, 4.69) is 0 Å². The van der Waals surface area contributed by atoms with Gasteiger partial charge < -0.3 is 5.11 Å². The Bertz CT molecular complexity index is 749. The topological polar surface area (TPSA) is 37.3 Å². The van der Waals surface area contributed by atoms with E-state index in [1.807, 2.05) is 62.4 Å². The predicted molar refractivity (Wildman–Crippen MR) is 76.2 cm³/mol. The summed E-state index contributed by atoms with van der Waals surface area (Å²) in [6.45, 7) is 3.93. The fraction of sp³-hybridized carbons (Fsp3) is 0.222. The standard InChI is InChI=1S/C18H15O2/c1-17-13-9-5-3-7-11(13)16(20)18(17,2)14-10-6-4-8-12(14)15(17)19/h3-10,19H,1-2H3. The fourth-order valence-corrected chi connectivity index (χ4v) is 4.03. The quantitative estimate of drug-likeness (QED) is 0.791. The maximum absolute atomic E-state index is 13.0. The summed E-state index contributed by atoms with van der Waals surface area (Å²) in [5.74, 6) is 0.104. The Kier molecular flexibility index (Phi) is 2.01. The number of aliphatic hydroxyl groups excluding tert-OH is 1. The summed E-state index contributed by atoms with van der Waals surface area (Å²) in [5.41, 5.74) is 2.03. The second-order valence-corrected chi connectivity index (χ2v) is 6.02. The molecule has 2 aromatic carbocycles. The molecule has 0 amide bonds. The number of ketones is 1. The summed E-state index contributed by atoms with van der Waals surface area (Å²) in [7, 11) is 0. The molecular weight excluding hydrogens is 248 g/mol. The van der Waals surface area contributed by atoms with Crippen LogP contribution in [0.4, 0.5) is 0 Å². The predicted octanol–water partition coefficient (Wildman–Crippen LogP) is 3.36. The van der Waals surface area contributed by atoms with Crippen LogP contribution in [0.1, 0.15) is 40.9 Å². The molecule has 2 aliphatic carbocycles. The van der Waals surface area contributed by atoms with E-state index in [0.717, 1.165) is 22.3 Å². The molecule has 2 atom stereocenters. The smallest absolute Gasteiger partial charge is 0.174 e. The third-order valence-electron chi connectivity index (χ3n) is 5.36. The highest BCUT2D eigenvalue weighted by Gasteiger charge is 2.67. The van der Waals surface area contributed by atoms with Gasteiger partial charge in [0.05, 0.1) is 5.41 Å². The van der Waals surface area contributed by atoms with Gasteiger partial charge in [0.2, 0.25) is 0 Å². The minimum absolute atomic E-state index is 0.104. The molecule has 0 spiro atoms. The van der Waals surface area contributed by atoms with E-state index in [1.54, 1.807) is 0 Å². The highest BCUT2D eigenvalue weighted by molar-refractivity contribution is 6.12. The van der Waals surface area contributed by atoms with Gasteiger partial charge in [-0.25, -0.2) is 0 Å². The molecule has 0 saturated carbocycles. The van der Waals surface area contributed by atoms with E-state index in [9.17, 15) is 9.90 Å². The van der Waals surface area contributed by atoms with Crippen molar-refractivity contribution >= 4 is 5.78 Å². The molecule has 1 radical (unpaired) electrons. The van der Waals surface area contributed by atoms with E-state index in [-0.39, 0.29) is 5.78 Å². The summed E-state index contributed by atoms with van der Waals surface area (Å²) in [5, 5.41) is 10.8. The Morgan fingerprint density at radius 1 is 0.800 bits per heavy atom. The summed E-state index contributed by atoms with van der Waals surface area (Å²) in [6, 6.07) is 15.3. The van der Waals surface area contributed by atoms with E-state index in [0.29, 0.717) is 6.10 Å². The Morgan fingerprint density at radius 3 is 1.95 bits per heavy atom. The zero-order chi connectivity index (χ0) is 14.1. The number of aliphatic hydroxyl groups is 1. The molecule has 1 N–H and O–H groups in total. The van der Waals surface area contributed by atoms with Crippen LogP contribution in [-0.4, -0.2) is 10.9 Å². The first-order valence-corrected chi connectivity index (χ1v) is 6.83. The number of benzene rings is 2. The first-order valence-electron chi connectivity index (χ1n) is 6.83. The average molecular weight is 263 g/mol. The number of fused-ring (bicyclic) bond motifs is 5. The Morgan fingerprint density at radius 2 is 1.30 bits per heavy atom. The largest absolute Gasteiger partial charge is 0.381 e. The van der Waals surface area contributed by atoms with Gasteiger partial charge >= 0.3 is 0 Å². The normalized spacial score (nSPS) is 31.1. The van der Waals surface area contributed by atoms with Gasteiger partial charge in [-0.1, -0.05) is 55.5 Å². The van der Waals surface area contributed by atoms with E-state index in [4.69, 9.17) is 0 Å². The number of Topliss-reactive ketones (excluding diaryl/α,β-unsaturated/α-hetero) is 1. The van der Waals surface area contributed by atoms with Crippen molar-refractivity contribution in [3.05, 3.63) is 76.9 Å². The number of hydrogen-bond donors (Lipinski definition) is 1. The minimum Gasteiger partial charge on any atom is -0.381 e. The Labute approximate surface area is 118 Å². The van der Waals surface area contributed by atoms with Crippen LogP contribution in [0.5, 0.6) is 0 Å². The van der Waals surface area contributed by atoms with E-state index >= 15 is 0 Å². The summed E-state index contributed by atoms with van der Waals surface area (Å²) >= 11 is 0. The van der Waals surface area contributed by atoms with Crippen molar-refractivity contribution in [2.24, 2.45) is 0 Å². The van der Waals surface area contributed by atoms with E-state index in [1.165, 1.54) is 0 Å². The van der Waals surface area contributed by atoms with Crippen LogP contribution in [0.25, 0.3) is 0 Å². The number of carbonyl (C=O) groups excluding carboxylic acids is 1. The van der Waals surface area contributed by atoms with Gasteiger partial charge in [0.15, 0.2) is 5.78 Å². The number of rotatable bonds is 0. The van der Waals surface area contributed by atoms with Crippen molar-refractivity contribution in [2.45, 2.75) is 24.7 Å². The molecule has 2 nitrogen and oxygen atoms in total. The second kappa shape index (κ2) is 3.39. The van der Waals surface area contributed by atoms with Crippen molar-refractivity contribution in [1.82, 2.24) is 0 Å². The number of carbonyl (C=O) groups is 1. The third kappa shape index (κ3) is 0.979. The molecule has 0 bridgehead atoms. The van der Waals surface area contributed by atoms with Gasteiger partial charge in [0.25, 0.3) is 0 Å². The molecule has 2 heteroatoms. The van der Waals surface area contributed by atoms with Crippen LogP contribution in [0.3, 0.4) is 0 Å². The third-order valence-corrected chi connectivity index (χ3v) is 5.36. The molecule has 0 aromatic heterocycles. The van der Waals surface area contributed by atoms with Crippen LogP contribution in [0.15, 0.2) is 48.5 Å². The van der Waals surface area contributed by atoms with Crippen LogP contribution in [0, 0.1) is 6.10 Å². The van der Waals surface area contributed by atoms with Gasteiger partial charge in [-0.15, -0.1) is 0 Å².